The summed E-state index contributed by atoms with van der Waals surface area (Å²) in [5.74, 6) is 0.147. The molecule has 7 heteroatoms. The maximum absolute atomic E-state index is 12.8. The number of hydrogen-bond donors (Lipinski definition) is 1. The minimum Gasteiger partial charge on any atom is -0.383 e. The number of nitrogens with zero attached hydrogens (tertiary/aromatic N) is 2. The molecule has 0 spiro atoms. The lowest BCUT2D eigenvalue weighted by molar-refractivity contribution is -0.138. The fraction of sp³-hybridized carbons (Fsp3) is 0.182. The quantitative estimate of drug-likeness (QED) is 0.915. The van der Waals surface area contributed by atoms with Crippen LogP contribution in [0.25, 0.3) is 0 Å². The number of rotatable bonds is 2. The first-order chi connectivity index (χ1) is 8.39. The molecule has 18 heavy (non-hydrogen) atoms. The van der Waals surface area contributed by atoms with E-state index in [4.69, 9.17) is 17.3 Å². The van der Waals surface area contributed by atoms with Gasteiger partial charge >= 0.3 is 6.18 Å². The van der Waals surface area contributed by atoms with Crippen molar-refractivity contribution in [2.75, 3.05) is 5.73 Å². The molecule has 3 nitrogen and oxygen atoms in total. The Morgan fingerprint density at radius 3 is 2.50 bits per heavy atom. The van der Waals surface area contributed by atoms with Gasteiger partial charge in [0.15, 0.2) is 0 Å². The second kappa shape index (κ2) is 4.53. The monoisotopic (exact) mass is 275 g/mol. The molecule has 2 rings (SSSR count). The number of nitrogen functional groups attached to an aromatic ring is 1. The Morgan fingerprint density at radius 1 is 1.28 bits per heavy atom. The molecule has 0 atom stereocenters. The first kappa shape index (κ1) is 12.8. The van der Waals surface area contributed by atoms with Gasteiger partial charge in [-0.1, -0.05) is 29.8 Å². The van der Waals surface area contributed by atoms with E-state index < -0.39 is 11.7 Å². The zero-order valence-corrected chi connectivity index (χ0v) is 9.83. The predicted octanol–water partition coefficient (Wildman–Crippen LogP) is 3.19. The molecule has 1 aromatic heterocycles. The average Bonchev–Trinajstić information content (AvgIpc) is 2.60. The third-order valence-electron chi connectivity index (χ3n) is 2.48. The first-order valence-corrected chi connectivity index (χ1v) is 5.39. The Labute approximate surface area is 106 Å². The summed E-state index contributed by atoms with van der Waals surface area (Å²) in [5, 5.41) is 4.05. The van der Waals surface area contributed by atoms with Gasteiger partial charge in [0.05, 0.1) is 18.3 Å². The summed E-state index contributed by atoms with van der Waals surface area (Å²) in [6, 6.07) is 5.28. The van der Waals surface area contributed by atoms with Gasteiger partial charge in [-0.05, 0) is 11.6 Å². The van der Waals surface area contributed by atoms with Crippen LogP contribution in [0, 0.1) is 0 Å². The number of benzene rings is 1. The molecule has 1 heterocycles. The van der Waals surface area contributed by atoms with Crippen molar-refractivity contribution in [3.05, 3.63) is 46.6 Å². The van der Waals surface area contributed by atoms with Crippen LogP contribution in [0.3, 0.4) is 0 Å². The van der Waals surface area contributed by atoms with Gasteiger partial charge in [-0.15, -0.1) is 0 Å². The highest BCUT2D eigenvalue weighted by Crippen LogP contribution is 2.32. The van der Waals surface area contributed by atoms with Crippen LogP contribution >= 0.6 is 11.6 Å². The van der Waals surface area contributed by atoms with E-state index in [0.29, 0.717) is 0 Å². The summed E-state index contributed by atoms with van der Waals surface area (Å²) in [6.45, 7) is -0.0752. The number of aromatic nitrogens is 2. The fourth-order valence-corrected chi connectivity index (χ4v) is 1.74. The molecule has 0 aliphatic carbocycles. The summed E-state index contributed by atoms with van der Waals surface area (Å²) >= 11 is 5.69. The molecule has 0 saturated carbocycles. The molecule has 0 amide bonds. The van der Waals surface area contributed by atoms with Crippen molar-refractivity contribution in [2.45, 2.75) is 12.7 Å². The standard InChI is InChI=1S/C11H9ClF3N3/c12-9-5-17-18(10(9)16)6-7-3-1-2-4-8(7)11(13,14)15/h1-5H,6,16H2. The van der Waals surface area contributed by atoms with Crippen molar-refractivity contribution < 1.29 is 13.2 Å². The van der Waals surface area contributed by atoms with E-state index in [0.717, 1.165) is 6.07 Å². The number of nitrogens with two attached hydrogens (primary N) is 1. The minimum absolute atomic E-state index is 0.0752. The summed E-state index contributed by atoms with van der Waals surface area (Å²) in [4.78, 5) is 0. The molecular formula is C11H9ClF3N3. The molecule has 96 valence electrons. The molecular weight excluding hydrogens is 267 g/mol. The molecule has 0 radical (unpaired) electrons. The lowest BCUT2D eigenvalue weighted by Crippen LogP contribution is -2.13. The number of hydrogen-bond acceptors (Lipinski definition) is 2. The van der Waals surface area contributed by atoms with Gasteiger partial charge in [-0.25, -0.2) is 4.68 Å². The molecule has 0 aliphatic rings. The lowest BCUT2D eigenvalue weighted by Gasteiger charge is -2.13. The van der Waals surface area contributed by atoms with Crippen molar-refractivity contribution in [3.8, 4) is 0 Å². The van der Waals surface area contributed by atoms with E-state index in [1.807, 2.05) is 0 Å². The van der Waals surface area contributed by atoms with Crippen molar-refractivity contribution in [2.24, 2.45) is 0 Å². The van der Waals surface area contributed by atoms with Gasteiger partial charge in [-0.3, -0.25) is 0 Å². The van der Waals surface area contributed by atoms with Crippen LogP contribution in [0.5, 0.6) is 0 Å². The maximum atomic E-state index is 12.8. The summed E-state index contributed by atoms with van der Waals surface area (Å²) in [7, 11) is 0. The van der Waals surface area contributed by atoms with E-state index in [-0.39, 0.29) is 22.9 Å². The van der Waals surface area contributed by atoms with E-state index in [2.05, 4.69) is 5.10 Å². The predicted molar refractivity (Wildman–Crippen MR) is 62.2 cm³/mol. The van der Waals surface area contributed by atoms with Crippen molar-refractivity contribution in [3.63, 3.8) is 0 Å². The molecule has 0 fully saturated rings. The van der Waals surface area contributed by atoms with Gasteiger partial charge in [0.25, 0.3) is 0 Å². The van der Waals surface area contributed by atoms with Crippen LogP contribution in [0.4, 0.5) is 19.0 Å². The highest BCUT2D eigenvalue weighted by molar-refractivity contribution is 6.32. The van der Waals surface area contributed by atoms with Crippen LogP contribution in [0.2, 0.25) is 5.02 Å². The minimum atomic E-state index is -4.40. The number of alkyl halides is 3. The smallest absolute Gasteiger partial charge is 0.383 e. The molecule has 0 aliphatic heterocycles. The summed E-state index contributed by atoms with van der Waals surface area (Å²) < 4.78 is 39.5. The Bertz CT molecular complexity index is 563. The van der Waals surface area contributed by atoms with Gasteiger partial charge in [0.1, 0.15) is 10.8 Å². The SMILES string of the molecule is Nc1c(Cl)cnn1Cc1ccccc1C(F)(F)F. The van der Waals surface area contributed by atoms with E-state index in [1.54, 1.807) is 0 Å². The normalized spacial score (nSPS) is 11.8. The van der Waals surface area contributed by atoms with Crippen molar-refractivity contribution >= 4 is 17.4 Å². The van der Waals surface area contributed by atoms with Crippen molar-refractivity contribution in [1.82, 2.24) is 9.78 Å². The number of halogens is 4. The van der Waals surface area contributed by atoms with Crippen molar-refractivity contribution in [1.29, 1.82) is 0 Å². The molecule has 1 aromatic carbocycles. The Morgan fingerprint density at radius 2 is 1.94 bits per heavy atom. The largest absolute Gasteiger partial charge is 0.416 e. The lowest BCUT2D eigenvalue weighted by atomic mass is 10.1. The number of anilines is 1. The molecule has 0 unspecified atom stereocenters. The first-order valence-electron chi connectivity index (χ1n) is 5.01. The van der Waals surface area contributed by atoms with Crippen LogP contribution in [-0.4, -0.2) is 9.78 Å². The maximum Gasteiger partial charge on any atom is 0.416 e. The van der Waals surface area contributed by atoms with Crippen LogP contribution < -0.4 is 5.73 Å². The van der Waals surface area contributed by atoms with Gasteiger partial charge < -0.3 is 5.73 Å². The zero-order chi connectivity index (χ0) is 13.3. The van der Waals surface area contributed by atoms with Crippen LogP contribution in [0.1, 0.15) is 11.1 Å². The van der Waals surface area contributed by atoms with Gasteiger partial charge in [-0.2, -0.15) is 18.3 Å². The zero-order valence-electron chi connectivity index (χ0n) is 9.08. The molecule has 2 aromatic rings. The third-order valence-corrected chi connectivity index (χ3v) is 2.77. The topological polar surface area (TPSA) is 43.8 Å². The van der Waals surface area contributed by atoms with E-state index >= 15 is 0 Å². The van der Waals surface area contributed by atoms with Gasteiger partial charge in [0.2, 0.25) is 0 Å². The molecule has 0 saturated heterocycles. The molecule has 2 N–H and O–H groups in total. The highest BCUT2D eigenvalue weighted by Gasteiger charge is 2.33. The average molecular weight is 276 g/mol. The Kier molecular flexibility index (Phi) is 3.21. The third kappa shape index (κ3) is 2.43. The Hall–Kier alpha value is -1.69. The summed E-state index contributed by atoms with van der Waals surface area (Å²) in [5.41, 5.74) is 4.99. The van der Waals surface area contributed by atoms with E-state index in [1.165, 1.54) is 29.1 Å². The second-order valence-corrected chi connectivity index (χ2v) is 4.10. The van der Waals surface area contributed by atoms with E-state index in [9.17, 15) is 13.2 Å². The highest BCUT2D eigenvalue weighted by atomic mass is 35.5. The summed E-state index contributed by atoms with van der Waals surface area (Å²) in [6.07, 6.45) is -3.10. The van der Waals surface area contributed by atoms with Crippen LogP contribution in [0.15, 0.2) is 30.5 Å². The molecule has 0 bridgehead atoms. The second-order valence-electron chi connectivity index (χ2n) is 3.69. The van der Waals surface area contributed by atoms with Gasteiger partial charge in [0, 0.05) is 0 Å². The van der Waals surface area contributed by atoms with Crippen LogP contribution in [-0.2, 0) is 12.7 Å². The Balaban J connectivity index is 2.38. The fourth-order valence-electron chi connectivity index (χ4n) is 1.59.